The monoisotopic (exact) mass is 264 g/mol. The molecule has 0 bridgehead atoms. The molecular formula is Cl3CuO6. The van der Waals surface area contributed by atoms with E-state index < -0.39 is 34.0 Å². The van der Waals surface area contributed by atoms with Crippen molar-refractivity contribution in [1.82, 2.24) is 0 Å². The van der Waals surface area contributed by atoms with E-state index in [1.54, 1.807) is 0 Å². The molecule has 0 aliphatic carbocycles. The smallest absolute Gasteiger partial charge is 0.544 e. The van der Waals surface area contributed by atoms with Gasteiger partial charge in [-0.2, -0.15) is 0 Å². The molecule has 0 heterocycles. The summed E-state index contributed by atoms with van der Waals surface area (Å²) in [4.78, 5) is 0. The van der Waals surface area contributed by atoms with Crippen LogP contribution in [0.2, 0.25) is 0 Å². The molecule has 0 rings (SSSR count). The molecular weight excluding hydrogens is 266 g/mol. The van der Waals surface area contributed by atoms with Crippen molar-refractivity contribution in [2.75, 3.05) is 0 Å². The maximum atomic E-state index is 8.24. The molecule has 0 spiro atoms. The van der Waals surface area contributed by atoms with Gasteiger partial charge in [-0.25, -0.2) is 0 Å². The Morgan fingerprint density at radius 2 is 0.500 bits per heavy atom. The second-order valence-corrected chi connectivity index (χ2v) is 0.567. The first-order chi connectivity index (χ1) is 4.24. The van der Waals surface area contributed by atoms with Gasteiger partial charge in [-0.05, 0) is 0 Å². The maximum Gasteiger partial charge on any atom is 3.00 e. The van der Waals surface area contributed by atoms with Gasteiger partial charge in [0.2, 0.25) is 0 Å². The number of hydrogen-bond donors (Lipinski definition) is 0. The van der Waals surface area contributed by atoms with E-state index in [-0.39, 0.29) is 17.1 Å². The molecule has 0 atom stereocenters. The Morgan fingerprint density at radius 3 is 0.500 bits per heavy atom. The fourth-order valence-electron chi connectivity index (χ4n) is 0. The predicted octanol–water partition coefficient (Wildman–Crippen LogP) is -7.14. The number of rotatable bonds is 0. The van der Waals surface area contributed by atoms with Crippen LogP contribution in [0.5, 0.6) is 0 Å². The van der Waals surface area contributed by atoms with Crippen molar-refractivity contribution in [3.8, 4) is 0 Å². The molecule has 0 aliphatic heterocycles. The molecule has 0 aromatic heterocycles. The molecule has 0 unspecified atom stereocenters. The Kier molecular flexibility index (Phi) is 111. The second-order valence-electron chi connectivity index (χ2n) is 0.189. The van der Waals surface area contributed by atoms with E-state index in [9.17, 15) is 0 Å². The molecule has 0 radical (unpaired) electrons. The molecule has 68 valence electrons. The summed E-state index contributed by atoms with van der Waals surface area (Å²) in [5, 5.41) is 0. The van der Waals surface area contributed by atoms with Gasteiger partial charge in [-0.3, -0.25) is 0 Å². The first-order valence-electron chi connectivity index (χ1n) is 0.926. The van der Waals surface area contributed by atoms with Crippen LogP contribution >= 0.6 is 0 Å². The van der Waals surface area contributed by atoms with E-state index in [2.05, 4.69) is 0 Å². The van der Waals surface area contributed by atoms with Crippen LogP contribution < -0.4 is 28.0 Å². The van der Waals surface area contributed by atoms with Crippen LogP contribution in [0.4, 0.5) is 0 Å². The summed E-state index contributed by atoms with van der Waals surface area (Å²) in [5.41, 5.74) is 0. The zero-order chi connectivity index (χ0) is 8.12. The largest absolute Gasteiger partial charge is 3.00 e. The summed E-state index contributed by atoms with van der Waals surface area (Å²) >= 11 is -1.25. The van der Waals surface area contributed by atoms with Crippen LogP contribution in [0.25, 0.3) is 0 Å². The summed E-state index contributed by atoms with van der Waals surface area (Å²) < 4.78 is 49.4. The molecule has 0 aliphatic rings. The number of hydrogen-bond acceptors (Lipinski definition) is 6. The van der Waals surface area contributed by atoms with Gasteiger partial charge in [0.15, 0.2) is 0 Å². The summed E-state index contributed by atoms with van der Waals surface area (Å²) in [6.07, 6.45) is 0. The average molecular weight is 266 g/mol. The zero-order valence-corrected chi connectivity index (χ0v) is 7.09. The van der Waals surface area contributed by atoms with Crippen molar-refractivity contribution in [3.05, 3.63) is 0 Å². The van der Waals surface area contributed by atoms with Crippen molar-refractivity contribution in [2.24, 2.45) is 0 Å². The van der Waals surface area contributed by atoms with Crippen molar-refractivity contribution in [3.63, 3.8) is 0 Å². The summed E-state index contributed by atoms with van der Waals surface area (Å²) in [6, 6.07) is 0. The Labute approximate surface area is 79.2 Å². The van der Waals surface area contributed by atoms with Gasteiger partial charge in [0.1, 0.15) is 0 Å². The molecule has 0 amide bonds. The summed E-state index contributed by atoms with van der Waals surface area (Å²) in [7, 11) is 0. The van der Waals surface area contributed by atoms with Crippen LogP contribution in [0.1, 0.15) is 0 Å². The second kappa shape index (κ2) is 49.3. The van der Waals surface area contributed by atoms with Crippen LogP contribution in [-0.4, -0.2) is 0 Å². The molecule has 0 aromatic carbocycles. The van der Waals surface area contributed by atoms with Crippen molar-refractivity contribution >= 4 is 0 Å². The standard InChI is InChI=1S/3ClO2.Cu/c3*2-1-3;/q3*-1;+3. The normalized spacial score (nSPS) is 5.40. The number of halogens is 3. The van der Waals surface area contributed by atoms with Crippen molar-refractivity contribution < 1.29 is 79.0 Å². The predicted molar refractivity (Wildman–Crippen MR) is 0 cm³/mol. The third kappa shape index (κ3) is 460. The molecule has 10 heteroatoms. The molecule has 0 aromatic rings. The van der Waals surface area contributed by atoms with E-state index in [0.29, 0.717) is 0 Å². The van der Waals surface area contributed by atoms with E-state index >= 15 is 0 Å². The van der Waals surface area contributed by atoms with E-state index in [1.165, 1.54) is 0 Å². The first kappa shape index (κ1) is 22.5. The van der Waals surface area contributed by atoms with Crippen molar-refractivity contribution in [1.29, 1.82) is 0 Å². The minimum Gasteiger partial charge on any atom is -0.544 e. The van der Waals surface area contributed by atoms with Crippen LogP contribution in [0, 0.1) is 34.0 Å². The van der Waals surface area contributed by atoms with E-state index in [1.807, 2.05) is 0 Å². The first-order valence-corrected chi connectivity index (χ1v) is 2.78. The quantitative estimate of drug-likeness (QED) is 0.399. The minimum atomic E-state index is -0.417. The molecule has 0 saturated heterocycles. The van der Waals surface area contributed by atoms with Crippen LogP contribution in [0.3, 0.4) is 0 Å². The zero-order valence-electron chi connectivity index (χ0n) is 3.88. The van der Waals surface area contributed by atoms with Crippen LogP contribution in [-0.2, 0) is 17.1 Å². The molecule has 0 saturated carbocycles. The molecule has 6 nitrogen and oxygen atoms in total. The molecule has 10 heavy (non-hydrogen) atoms. The van der Waals surface area contributed by atoms with Gasteiger partial charge in [0, 0.05) is 0 Å². The summed E-state index contributed by atoms with van der Waals surface area (Å²) in [6.45, 7) is 0. The molecule has 0 N–H and O–H groups in total. The minimum absolute atomic E-state index is 0. The third-order valence-corrected chi connectivity index (χ3v) is 0. The fraction of sp³-hybridized carbons (Fsp3) is 0. The fourth-order valence-corrected chi connectivity index (χ4v) is 0. The van der Waals surface area contributed by atoms with Gasteiger partial charge in [0.05, 0.1) is 34.0 Å². The van der Waals surface area contributed by atoms with Gasteiger partial charge in [0.25, 0.3) is 0 Å². The Bertz CT molecular complexity index is 17.7. The van der Waals surface area contributed by atoms with Gasteiger partial charge >= 0.3 is 17.1 Å². The van der Waals surface area contributed by atoms with E-state index in [0.717, 1.165) is 0 Å². The van der Waals surface area contributed by atoms with Gasteiger partial charge < -0.3 is 28.0 Å². The van der Waals surface area contributed by atoms with Crippen molar-refractivity contribution in [2.45, 2.75) is 0 Å². The maximum absolute atomic E-state index is 8.24. The Hall–Kier alpha value is 1.15. The molecule has 0 fully saturated rings. The Balaban J connectivity index is -0.0000000257. The van der Waals surface area contributed by atoms with Gasteiger partial charge in [-0.1, -0.05) is 0 Å². The van der Waals surface area contributed by atoms with E-state index in [4.69, 9.17) is 28.0 Å². The Morgan fingerprint density at radius 1 is 0.500 bits per heavy atom. The third-order valence-electron chi connectivity index (χ3n) is 0. The van der Waals surface area contributed by atoms with Crippen LogP contribution in [0.15, 0.2) is 0 Å². The summed E-state index contributed by atoms with van der Waals surface area (Å²) in [5.74, 6) is 0. The average Bonchev–Trinajstić information content (AvgIpc) is 1.70. The SMILES string of the molecule is [Cu+3].[O-][Cl+][O-].[O-][Cl+][O-].[O-][Cl+][O-]. The topological polar surface area (TPSA) is 138 Å². The van der Waals surface area contributed by atoms with Gasteiger partial charge in [-0.15, -0.1) is 0 Å².